The van der Waals surface area contributed by atoms with Gasteiger partial charge in [0.2, 0.25) is 5.91 Å². The molecule has 1 aliphatic heterocycles. The Bertz CT molecular complexity index is 184. The van der Waals surface area contributed by atoms with Crippen LogP contribution in [0.3, 0.4) is 0 Å². The van der Waals surface area contributed by atoms with E-state index in [9.17, 15) is 4.79 Å². The fraction of sp³-hybridized carbons (Fsp3) is 0.667. The average Bonchev–Trinajstić information content (AvgIpc) is 2.40. The van der Waals surface area contributed by atoms with Gasteiger partial charge in [0.25, 0.3) is 0 Å². The average molecular weight is 153 g/mol. The van der Waals surface area contributed by atoms with Gasteiger partial charge in [0, 0.05) is 18.7 Å². The highest BCUT2D eigenvalue weighted by molar-refractivity contribution is 5.79. The summed E-state index contributed by atoms with van der Waals surface area (Å²) in [7, 11) is 0. The first-order chi connectivity index (χ1) is 5.29. The molecule has 0 radical (unpaired) electrons. The van der Waals surface area contributed by atoms with Crippen molar-refractivity contribution in [1.29, 1.82) is 0 Å². The molecule has 0 aromatic rings. The Morgan fingerprint density at radius 3 is 2.82 bits per heavy atom. The van der Waals surface area contributed by atoms with E-state index in [1.165, 1.54) is 5.70 Å². The van der Waals surface area contributed by atoms with E-state index in [1.54, 1.807) is 0 Å². The molecule has 2 heteroatoms. The molecule has 1 amide bonds. The summed E-state index contributed by atoms with van der Waals surface area (Å²) in [5.74, 6) is 0.292. The van der Waals surface area contributed by atoms with Crippen molar-refractivity contribution < 1.29 is 4.79 Å². The minimum absolute atomic E-state index is 0.292. The van der Waals surface area contributed by atoms with E-state index >= 15 is 0 Å². The smallest absolute Gasteiger partial charge is 0.226 e. The molecule has 0 unspecified atom stereocenters. The van der Waals surface area contributed by atoms with Crippen molar-refractivity contribution in [3.8, 4) is 0 Å². The fourth-order valence-corrected chi connectivity index (χ4v) is 1.50. The molecule has 0 aliphatic carbocycles. The number of hydrogen-bond donors (Lipinski definition) is 0. The van der Waals surface area contributed by atoms with Gasteiger partial charge in [-0.25, -0.2) is 0 Å². The molecular weight excluding hydrogens is 138 g/mol. The van der Waals surface area contributed by atoms with Crippen LogP contribution < -0.4 is 0 Å². The third-order valence-electron chi connectivity index (χ3n) is 2.12. The number of rotatable bonds is 2. The summed E-state index contributed by atoms with van der Waals surface area (Å²) in [6.45, 7) is 5.00. The second kappa shape index (κ2) is 3.56. The van der Waals surface area contributed by atoms with Crippen molar-refractivity contribution in [3.05, 3.63) is 11.8 Å². The normalized spacial score (nSPS) is 19.6. The van der Waals surface area contributed by atoms with Crippen LogP contribution in [0, 0.1) is 0 Å². The van der Waals surface area contributed by atoms with E-state index in [2.05, 4.69) is 6.92 Å². The Labute approximate surface area is 67.9 Å². The number of nitrogens with zero attached hydrogens (tertiary/aromatic N) is 1. The van der Waals surface area contributed by atoms with E-state index in [-0.39, 0.29) is 0 Å². The minimum Gasteiger partial charge on any atom is -0.317 e. The molecule has 1 rings (SSSR count). The highest BCUT2D eigenvalue weighted by Crippen LogP contribution is 2.17. The Morgan fingerprint density at radius 2 is 2.45 bits per heavy atom. The number of hydrogen-bond acceptors (Lipinski definition) is 1. The van der Waals surface area contributed by atoms with Crippen LogP contribution in [-0.2, 0) is 4.79 Å². The predicted octanol–water partition coefficient (Wildman–Crippen LogP) is 1.92. The number of carbonyl (C=O) groups is 1. The first kappa shape index (κ1) is 8.31. The summed E-state index contributed by atoms with van der Waals surface area (Å²) < 4.78 is 0. The van der Waals surface area contributed by atoms with Gasteiger partial charge in [-0.1, -0.05) is 13.0 Å². The second-order valence-corrected chi connectivity index (χ2v) is 2.78. The molecule has 0 saturated carbocycles. The van der Waals surface area contributed by atoms with Crippen molar-refractivity contribution in [2.24, 2.45) is 0 Å². The highest BCUT2D eigenvalue weighted by atomic mass is 16.2. The molecule has 0 spiro atoms. The van der Waals surface area contributed by atoms with Crippen LogP contribution in [0.4, 0.5) is 0 Å². The zero-order valence-corrected chi connectivity index (χ0v) is 7.26. The summed E-state index contributed by atoms with van der Waals surface area (Å²) in [6.07, 6.45) is 4.75. The first-order valence-corrected chi connectivity index (χ1v) is 4.25. The van der Waals surface area contributed by atoms with Gasteiger partial charge >= 0.3 is 0 Å². The maximum atomic E-state index is 11.2. The standard InChI is InChI=1S/C9H15NO/c1-3-8(4-2)10-7-5-6-9(10)11/h3H,4-7H2,1-2H3/b8-3+. The van der Waals surface area contributed by atoms with Gasteiger partial charge in [-0.15, -0.1) is 0 Å². The molecule has 0 N–H and O–H groups in total. The monoisotopic (exact) mass is 153 g/mol. The van der Waals surface area contributed by atoms with Gasteiger partial charge in [-0.2, -0.15) is 0 Å². The largest absolute Gasteiger partial charge is 0.317 e. The van der Waals surface area contributed by atoms with E-state index < -0.39 is 0 Å². The third-order valence-corrected chi connectivity index (χ3v) is 2.12. The van der Waals surface area contributed by atoms with Crippen LogP contribution in [0.25, 0.3) is 0 Å². The van der Waals surface area contributed by atoms with Gasteiger partial charge in [-0.3, -0.25) is 4.79 Å². The lowest BCUT2D eigenvalue weighted by molar-refractivity contribution is -0.126. The highest BCUT2D eigenvalue weighted by Gasteiger charge is 2.21. The summed E-state index contributed by atoms with van der Waals surface area (Å²) in [6, 6.07) is 0. The Hall–Kier alpha value is -0.790. The Morgan fingerprint density at radius 1 is 1.73 bits per heavy atom. The van der Waals surface area contributed by atoms with Crippen molar-refractivity contribution in [3.63, 3.8) is 0 Å². The molecule has 1 saturated heterocycles. The van der Waals surface area contributed by atoms with Crippen molar-refractivity contribution in [2.45, 2.75) is 33.1 Å². The van der Waals surface area contributed by atoms with Gasteiger partial charge in [0.15, 0.2) is 0 Å². The number of carbonyl (C=O) groups excluding carboxylic acids is 1. The Balaban J connectivity index is 2.65. The van der Waals surface area contributed by atoms with Crippen LogP contribution in [0.2, 0.25) is 0 Å². The lowest BCUT2D eigenvalue weighted by Crippen LogP contribution is -2.23. The zero-order valence-electron chi connectivity index (χ0n) is 7.26. The van der Waals surface area contributed by atoms with Crippen LogP contribution in [-0.4, -0.2) is 17.4 Å². The molecule has 0 aromatic heterocycles. The molecule has 0 atom stereocenters. The van der Waals surface area contributed by atoms with Crippen LogP contribution in [0.1, 0.15) is 33.1 Å². The summed E-state index contributed by atoms with van der Waals surface area (Å²) in [4.78, 5) is 13.1. The molecule has 62 valence electrons. The van der Waals surface area contributed by atoms with Crippen molar-refractivity contribution in [2.75, 3.05) is 6.54 Å². The SMILES string of the molecule is C/C=C(\CC)N1CCCC1=O. The molecule has 1 fully saturated rings. The summed E-state index contributed by atoms with van der Waals surface area (Å²) in [5.41, 5.74) is 1.17. The molecule has 2 nitrogen and oxygen atoms in total. The van der Waals surface area contributed by atoms with E-state index in [4.69, 9.17) is 0 Å². The third kappa shape index (κ3) is 1.62. The zero-order chi connectivity index (χ0) is 8.27. The van der Waals surface area contributed by atoms with Crippen molar-refractivity contribution >= 4 is 5.91 Å². The van der Waals surface area contributed by atoms with Gasteiger partial charge in [0.05, 0.1) is 0 Å². The molecule has 1 heterocycles. The predicted molar refractivity (Wildman–Crippen MR) is 45.0 cm³/mol. The quantitative estimate of drug-likeness (QED) is 0.593. The lowest BCUT2D eigenvalue weighted by Gasteiger charge is -2.17. The molecule has 1 aliphatic rings. The Kier molecular flexibility index (Phi) is 2.69. The maximum absolute atomic E-state index is 11.2. The molecule has 0 aromatic carbocycles. The molecule has 0 bridgehead atoms. The lowest BCUT2D eigenvalue weighted by atomic mass is 10.3. The first-order valence-electron chi connectivity index (χ1n) is 4.25. The number of likely N-dealkylation sites (tertiary alicyclic amines) is 1. The van der Waals surface area contributed by atoms with Crippen molar-refractivity contribution in [1.82, 2.24) is 4.90 Å². The van der Waals surface area contributed by atoms with Gasteiger partial charge in [0.1, 0.15) is 0 Å². The van der Waals surface area contributed by atoms with Crippen LogP contribution in [0.5, 0.6) is 0 Å². The van der Waals surface area contributed by atoms with E-state index in [0.29, 0.717) is 5.91 Å². The topological polar surface area (TPSA) is 20.3 Å². The van der Waals surface area contributed by atoms with E-state index in [0.717, 1.165) is 25.8 Å². The van der Waals surface area contributed by atoms with Gasteiger partial charge < -0.3 is 4.90 Å². The van der Waals surface area contributed by atoms with E-state index in [1.807, 2.05) is 17.9 Å². The second-order valence-electron chi connectivity index (χ2n) is 2.78. The summed E-state index contributed by atoms with van der Waals surface area (Å²) in [5, 5.41) is 0. The number of allylic oxidation sites excluding steroid dienone is 2. The van der Waals surface area contributed by atoms with Crippen LogP contribution >= 0.6 is 0 Å². The number of amides is 1. The van der Waals surface area contributed by atoms with Crippen LogP contribution in [0.15, 0.2) is 11.8 Å². The summed E-state index contributed by atoms with van der Waals surface area (Å²) >= 11 is 0. The molecular formula is C9H15NO. The van der Waals surface area contributed by atoms with Gasteiger partial charge in [-0.05, 0) is 19.8 Å². The minimum atomic E-state index is 0.292. The maximum Gasteiger partial charge on any atom is 0.226 e. The molecule has 11 heavy (non-hydrogen) atoms. The fourth-order valence-electron chi connectivity index (χ4n) is 1.50.